The zero-order valence-corrected chi connectivity index (χ0v) is 11.0. The number of halogens is 4. The molecule has 1 amide bonds. The number of carbonyl (C=O) groups is 1. The highest BCUT2D eigenvalue weighted by molar-refractivity contribution is 6.27. The van der Waals surface area contributed by atoms with Crippen LogP contribution in [0.1, 0.15) is 5.56 Å². The number of nitrogens with zero attached hydrogens (tertiary/aromatic N) is 1. The van der Waals surface area contributed by atoms with Gasteiger partial charge in [0, 0.05) is 7.05 Å². The average Bonchev–Trinajstić information content (AvgIpc) is 2.37. The first kappa shape index (κ1) is 15.6. The monoisotopic (exact) mass is 295 g/mol. The summed E-state index contributed by atoms with van der Waals surface area (Å²) in [5, 5.41) is 0. The molecular weight excluding hydrogens is 283 g/mol. The van der Waals surface area contributed by atoms with E-state index in [1.807, 2.05) is 0 Å². The van der Waals surface area contributed by atoms with Crippen LogP contribution >= 0.6 is 11.6 Å². The lowest BCUT2D eigenvalue weighted by Crippen LogP contribution is -2.31. The molecule has 0 unspecified atom stereocenters. The maximum absolute atomic E-state index is 12.3. The number of rotatable bonds is 5. The predicted molar refractivity (Wildman–Crippen MR) is 65.3 cm³/mol. The molecule has 0 aromatic heterocycles. The molecule has 0 fully saturated rings. The van der Waals surface area contributed by atoms with Gasteiger partial charge in [-0.1, -0.05) is 0 Å². The fourth-order valence-electron chi connectivity index (χ4n) is 1.27. The Morgan fingerprint density at radius 2 is 1.89 bits per heavy atom. The third kappa shape index (κ3) is 4.98. The molecule has 7 heteroatoms. The fourth-order valence-corrected chi connectivity index (χ4v) is 1.47. The Morgan fingerprint density at radius 1 is 1.32 bits per heavy atom. The van der Waals surface area contributed by atoms with Crippen molar-refractivity contribution in [2.45, 2.75) is 6.18 Å². The Hall–Kier alpha value is -1.43. The summed E-state index contributed by atoms with van der Waals surface area (Å²) in [5.41, 5.74) is -0.728. The number of alkyl halides is 4. The number of benzene rings is 1. The molecule has 0 saturated carbocycles. The normalized spacial score (nSPS) is 11.2. The van der Waals surface area contributed by atoms with Crippen LogP contribution in [0, 0.1) is 0 Å². The number of likely N-dealkylation sites (N-methyl/N-ethyl adjacent to an activating group) is 1. The highest BCUT2D eigenvalue weighted by Crippen LogP contribution is 2.30. The standard InChI is InChI=1S/C12H13ClF3NO2/c1-17(11(18)8-13)6-7-19-10-4-2-9(3-5-10)12(14,15)16/h2-5H,6-8H2,1H3. The smallest absolute Gasteiger partial charge is 0.416 e. The summed E-state index contributed by atoms with van der Waals surface area (Å²) in [5.74, 6) is -0.0334. The van der Waals surface area contributed by atoms with Crippen molar-refractivity contribution in [3.05, 3.63) is 29.8 Å². The van der Waals surface area contributed by atoms with E-state index in [9.17, 15) is 18.0 Å². The minimum absolute atomic E-state index is 0.114. The van der Waals surface area contributed by atoms with Crippen molar-refractivity contribution < 1.29 is 22.7 Å². The second-order valence-corrected chi connectivity index (χ2v) is 4.09. The van der Waals surface area contributed by atoms with Crippen LogP contribution in [-0.2, 0) is 11.0 Å². The molecule has 0 aliphatic rings. The first-order chi connectivity index (χ1) is 8.84. The van der Waals surface area contributed by atoms with Crippen LogP contribution in [0.25, 0.3) is 0 Å². The van der Waals surface area contributed by atoms with Crippen LogP contribution in [-0.4, -0.2) is 36.9 Å². The highest BCUT2D eigenvalue weighted by Gasteiger charge is 2.29. The summed E-state index contributed by atoms with van der Waals surface area (Å²) in [6.07, 6.45) is -4.36. The van der Waals surface area contributed by atoms with E-state index in [0.717, 1.165) is 12.1 Å². The topological polar surface area (TPSA) is 29.5 Å². The minimum atomic E-state index is -4.36. The summed E-state index contributed by atoms with van der Waals surface area (Å²) in [6.45, 7) is 0.497. The summed E-state index contributed by atoms with van der Waals surface area (Å²) in [7, 11) is 1.57. The molecule has 1 aromatic rings. The van der Waals surface area contributed by atoms with E-state index in [1.165, 1.54) is 17.0 Å². The summed E-state index contributed by atoms with van der Waals surface area (Å²) < 4.78 is 42.2. The van der Waals surface area contributed by atoms with Crippen molar-refractivity contribution >= 4 is 17.5 Å². The van der Waals surface area contributed by atoms with Gasteiger partial charge >= 0.3 is 6.18 Å². The zero-order chi connectivity index (χ0) is 14.5. The molecular formula is C12H13ClF3NO2. The van der Waals surface area contributed by atoms with Crippen molar-refractivity contribution in [2.75, 3.05) is 26.1 Å². The molecule has 1 rings (SSSR count). The summed E-state index contributed by atoms with van der Waals surface area (Å²) in [4.78, 5) is 12.5. The van der Waals surface area contributed by atoms with Gasteiger partial charge in [-0.15, -0.1) is 11.6 Å². The van der Waals surface area contributed by atoms with E-state index in [1.54, 1.807) is 7.05 Å². The molecule has 0 radical (unpaired) electrons. The lowest BCUT2D eigenvalue weighted by atomic mass is 10.2. The van der Waals surface area contributed by atoms with Crippen LogP contribution in [0.2, 0.25) is 0 Å². The van der Waals surface area contributed by atoms with E-state index < -0.39 is 11.7 Å². The quantitative estimate of drug-likeness (QED) is 0.782. The summed E-state index contributed by atoms with van der Waals surface area (Å²) >= 11 is 5.36. The van der Waals surface area contributed by atoms with Gasteiger partial charge in [-0.2, -0.15) is 13.2 Å². The number of ether oxygens (including phenoxy) is 1. The second kappa shape index (κ2) is 6.65. The van der Waals surface area contributed by atoms with Crippen LogP contribution < -0.4 is 4.74 Å². The van der Waals surface area contributed by atoms with Crippen LogP contribution in [0.15, 0.2) is 24.3 Å². The second-order valence-electron chi connectivity index (χ2n) is 3.82. The lowest BCUT2D eigenvalue weighted by molar-refractivity contribution is -0.137. The highest BCUT2D eigenvalue weighted by atomic mass is 35.5. The number of hydrogen-bond donors (Lipinski definition) is 0. The van der Waals surface area contributed by atoms with Gasteiger partial charge in [-0.05, 0) is 24.3 Å². The van der Waals surface area contributed by atoms with Crippen molar-refractivity contribution in [1.29, 1.82) is 0 Å². The molecule has 0 saturated heterocycles. The van der Waals surface area contributed by atoms with Gasteiger partial charge in [0.2, 0.25) is 5.91 Å². The van der Waals surface area contributed by atoms with Crippen LogP contribution in [0.3, 0.4) is 0 Å². The van der Waals surface area contributed by atoms with Gasteiger partial charge in [-0.25, -0.2) is 0 Å². The Balaban J connectivity index is 2.45. The Kier molecular flexibility index (Phi) is 5.47. The van der Waals surface area contributed by atoms with Crippen molar-refractivity contribution in [1.82, 2.24) is 4.90 Å². The largest absolute Gasteiger partial charge is 0.492 e. The Morgan fingerprint density at radius 3 is 2.37 bits per heavy atom. The van der Waals surface area contributed by atoms with E-state index >= 15 is 0 Å². The Bertz CT molecular complexity index is 420. The molecule has 0 aliphatic carbocycles. The van der Waals surface area contributed by atoms with Gasteiger partial charge < -0.3 is 9.64 Å². The van der Waals surface area contributed by atoms with E-state index in [2.05, 4.69) is 0 Å². The molecule has 0 atom stereocenters. The lowest BCUT2D eigenvalue weighted by Gasteiger charge is -2.16. The predicted octanol–water partition coefficient (Wildman–Crippen LogP) is 2.78. The van der Waals surface area contributed by atoms with E-state index in [4.69, 9.17) is 16.3 Å². The van der Waals surface area contributed by atoms with Crippen molar-refractivity contribution in [3.63, 3.8) is 0 Å². The molecule has 0 N–H and O–H groups in total. The third-order valence-electron chi connectivity index (χ3n) is 2.42. The zero-order valence-electron chi connectivity index (χ0n) is 10.2. The molecule has 106 valence electrons. The van der Waals surface area contributed by atoms with Gasteiger partial charge in [-0.3, -0.25) is 4.79 Å². The molecule has 3 nitrogen and oxygen atoms in total. The number of carbonyl (C=O) groups excluding carboxylic acids is 1. The molecule has 0 heterocycles. The molecule has 0 aliphatic heterocycles. The SMILES string of the molecule is CN(CCOc1ccc(C(F)(F)F)cc1)C(=O)CCl. The minimum Gasteiger partial charge on any atom is -0.492 e. The van der Waals surface area contributed by atoms with Gasteiger partial charge in [0.25, 0.3) is 0 Å². The number of hydrogen-bond acceptors (Lipinski definition) is 2. The molecule has 0 spiro atoms. The maximum Gasteiger partial charge on any atom is 0.416 e. The Labute approximate surface area is 113 Å². The first-order valence-corrected chi connectivity index (χ1v) is 5.98. The van der Waals surface area contributed by atoms with Gasteiger partial charge in [0.1, 0.15) is 18.2 Å². The average molecular weight is 296 g/mol. The third-order valence-corrected chi connectivity index (χ3v) is 2.65. The van der Waals surface area contributed by atoms with Crippen LogP contribution in [0.4, 0.5) is 13.2 Å². The van der Waals surface area contributed by atoms with E-state index in [0.29, 0.717) is 12.3 Å². The fraction of sp³-hybridized carbons (Fsp3) is 0.417. The first-order valence-electron chi connectivity index (χ1n) is 5.44. The maximum atomic E-state index is 12.3. The van der Waals surface area contributed by atoms with Gasteiger partial charge in [0.15, 0.2) is 0 Å². The van der Waals surface area contributed by atoms with Crippen molar-refractivity contribution in [3.8, 4) is 5.75 Å². The molecule has 19 heavy (non-hydrogen) atoms. The van der Waals surface area contributed by atoms with Gasteiger partial charge in [0.05, 0.1) is 12.1 Å². The van der Waals surface area contributed by atoms with E-state index in [-0.39, 0.29) is 18.4 Å². The van der Waals surface area contributed by atoms with Crippen molar-refractivity contribution in [2.24, 2.45) is 0 Å². The molecule has 0 bridgehead atoms. The summed E-state index contributed by atoms with van der Waals surface area (Å²) in [6, 6.07) is 4.38. The van der Waals surface area contributed by atoms with Crippen LogP contribution in [0.5, 0.6) is 5.75 Å². The number of amides is 1. The molecule has 1 aromatic carbocycles.